The number of rotatable bonds is 12. The molecule has 20 heavy (non-hydrogen) atoms. The van der Waals surface area contributed by atoms with Gasteiger partial charge in [-0.3, -0.25) is 4.79 Å². The topological polar surface area (TPSA) is 20.3 Å². The van der Waals surface area contributed by atoms with Crippen LogP contribution in [0.15, 0.2) is 0 Å². The second-order valence-corrected chi connectivity index (χ2v) is 6.46. The number of amides is 1. The molecule has 0 spiro atoms. The van der Waals surface area contributed by atoms with Gasteiger partial charge < -0.3 is 4.90 Å². The van der Waals surface area contributed by atoms with E-state index < -0.39 is 0 Å². The van der Waals surface area contributed by atoms with E-state index in [2.05, 4.69) is 11.8 Å². The van der Waals surface area contributed by atoms with Gasteiger partial charge in [-0.2, -0.15) is 0 Å². The number of carbonyl (C=O) groups is 1. The van der Waals surface area contributed by atoms with Gasteiger partial charge in [0.25, 0.3) is 0 Å². The number of halogens is 1. The zero-order valence-electron chi connectivity index (χ0n) is 13.2. The van der Waals surface area contributed by atoms with E-state index >= 15 is 0 Å². The van der Waals surface area contributed by atoms with Crippen molar-refractivity contribution >= 4 is 17.5 Å². The number of hydrogen-bond donors (Lipinski definition) is 0. The predicted molar refractivity (Wildman–Crippen MR) is 87.3 cm³/mol. The summed E-state index contributed by atoms with van der Waals surface area (Å²) in [5, 5.41) is 0. The lowest BCUT2D eigenvalue weighted by atomic mass is 9.91. The van der Waals surface area contributed by atoms with Crippen molar-refractivity contribution in [3.05, 3.63) is 0 Å². The first kappa shape index (κ1) is 17.8. The highest BCUT2D eigenvalue weighted by atomic mass is 35.5. The first-order valence-corrected chi connectivity index (χ1v) is 9.18. The summed E-state index contributed by atoms with van der Waals surface area (Å²) in [5.41, 5.74) is 0. The summed E-state index contributed by atoms with van der Waals surface area (Å²) in [6, 6.07) is 0.523. The molecule has 1 aliphatic rings. The van der Waals surface area contributed by atoms with E-state index in [1.54, 1.807) is 0 Å². The molecule has 1 rings (SSSR count). The van der Waals surface area contributed by atoms with E-state index in [0.29, 0.717) is 17.8 Å². The molecule has 1 saturated carbocycles. The molecule has 3 heteroatoms. The van der Waals surface area contributed by atoms with Crippen LogP contribution in [0.5, 0.6) is 0 Å². The van der Waals surface area contributed by atoms with Crippen LogP contribution in [-0.4, -0.2) is 29.3 Å². The molecule has 0 radical (unpaired) electrons. The number of hydrogen-bond acceptors (Lipinski definition) is 1. The lowest BCUT2D eigenvalue weighted by Gasteiger charge is -2.37. The van der Waals surface area contributed by atoms with Crippen molar-refractivity contribution in [2.24, 2.45) is 0 Å². The molecule has 0 N–H and O–H groups in total. The normalized spacial score (nSPS) is 15.1. The Kier molecular flexibility index (Phi) is 10.2. The molecule has 0 aliphatic heterocycles. The summed E-state index contributed by atoms with van der Waals surface area (Å²) >= 11 is 5.77. The van der Waals surface area contributed by atoms with Gasteiger partial charge in [0.15, 0.2) is 0 Å². The van der Waals surface area contributed by atoms with Crippen LogP contribution in [0, 0.1) is 0 Å². The second kappa shape index (κ2) is 11.4. The fraction of sp³-hybridized carbons (Fsp3) is 0.941. The summed E-state index contributed by atoms with van der Waals surface area (Å²) < 4.78 is 0. The van der Waals surface area contributed by atoms with Gasteiger partial charge in [0.1, 0.15) is 0 Å². The van der Waals surface area contributed by atoms with Crippen LogP contribution in [0.1, 0.15) is 84.0 Å². The fourth-order valence-electron chi connectivity index (χ4n) is 2.82. The maximum atomic E-state index is 12.3. The summed E-state index contributed by atoms with van der Waals surface area (Å²) in [4.78, 5) is 14.4. The Balaban J connectivity index is 2.11. The third-order valence-corrected chi connectivity index (χ3v) is 4.63. The molecule has 0 aromatic carbocycles. The van der Waals surface area contributed by atoms with Crippen molar-refractivity contribution in [1.29, 1.82) is 0 Å². The second-order valence-electron chi connectivity index (χ2n) is 6.09. The van der Waals surface area contributed by atoms with Crippen LogP contribution in [0.3, 0.4) is 0 Å². The van der Waals surface area contributed by atoms with Crippen molar-refractivity contribution < 1.29 is 4.79 Å². The highest BCUT2D eigenvalue weighted by molar-refractivity contribution is 6.17. The summed E-state index contributed by atoms with van der Waals surface area (Å²) in [5.74, 6) is 1.03. The smallest absolute Gasteiger partial charge is 0.222 e. The van der Waals surface area contributed by atoms with E-state index in [9.17, 15) is 4.79 Å². The maximum absolute atomic E-state index is 12.3. The lowest BCUT2D eigenvalue weighted by molar-refractivity contribution is -0.135. The Hall–Kier alpha value is -0.240. The molecular formula is C17H32ClNO. The quantitative estimate of drug-likeness (QED) is 0.361. The van der Waals surface area contributed by atoms with Gasteiger partial charge in [-0.1, -0.05) is 45.4 Å². The van der Waals surface area contributed by atoms with Gasteiger partial charge in [-0.15, -0.1) is 11.6 Å². The van der Waals surface area contributed by atoms with E-state index in [1.807, 2.05) is 0 Å². The fourth-order valence-corrected chi connectivity index (χ4v) is 2.94. The molecule has 0 heterocycles. The summed E-state index contributed by atoms with van der Waals surface area (Å²) in [7, 11) is 0. The minimum atomic E-state index is 0.369. The van der Waals surface area contributed by atoms with Gasteiger partial charge in [0, 0.05) is 24.9 Å². The number of nitrogens with zero attached hydrogens (tertiary/aromatic N) is 1. The summed E-state index contributed by atoms with van der Waals surface area (Å²) in [6.07, 6.45) is 14.3. The number of carbonyl (C=O) groups excluding carboxylic acids is 1. The molecular weight excluding hydrogens is 270 g/mol. The van der Waals surface area contributed by atoms with E-state index in [1.165, 1.54) is 57.8 Å². The SMILES string of the molecule is CCCCCCCCCC(=O)N(CCCCl)C1CCC1. The molecule has 1 fully saturated rings. The third kappa shape index (κ3) is 6.97. The van der Waals surface area contributed by atoms with Crippen LogP contribution in [0.2, 0.25) is 0 Å². The zero-order valence-corrected chi connectivity index (χ0v) is 14.0. The Labute approximate surface area is 130 Å². The summed E-state index contributed by atoms with van der Waals surface area (Å²) in [6.45, 7) is 3.11. The zero-order chi connectivity index (χ0) is 14.6. The third-order valence-electron chi connectivity index (χ3n) is 4.36. The molecule has 0 aromatic rings. The van der Waals surface area contributed by atoms with Crippen LogP contribution >= 0.6 is 11.6 Å². The Morgan fingerprint density at radius 1 is 1.05 bits per heavy atom. The molecule has 1 aliphatic carbocycles. The van der Waals surface area contributed by atoms with Crippen LogP contribution in [-0.2, 0) is 4.79 Å². The standard InChI is InChI=1S/C17H32ClNO/c1-2-3-4-5-6-7-8-13-17(20)19(15-10-14-18)16-11-9-12-16/h16H,2-15H2,1H3. The first-order valence-electron chi connectivity index (χ1n) is 8.65. The number of unbranched alkanes of at least 4 members (excludes halogenated alkanes) is 6. The van der Waals surface area contributed by atoms with Crippen molar-refractivity contribution in [1.82, 2.24) is 4.90 Å². The molecule has 2 nitrogen and oxygen atoms in total. The van der Waals surface area contributed by atoms with Gasteiger partial charge in [-0.25, -0.2) is 0 Å². The van der Waals surface area contributed by atoms with Gasteiger partial charge in [-0.05, 0) is 32.1 Å². The van der Waals surface area contributed by atoms with Gasteiger partial charge >= 0.3 is 0 Å². The van der Waals surface area contributed by atoms with Crippen molar-refractivity contribution in [3.63, 3.8) is 0 Å². The molecule has 0 bridgehead atoms. The molecule has 0 aromatic heterocycles. The van der Waals surface area contributed by atoms with E-state index in [4.69, 9.17) is 11.6 Å². The Morgan fingerprint density at radius 3 is 2.25 bits per heavy atom. The molecule has 118 valence electrons. The monoisotopic (exact) mass is 301 g/mol. The van der Waals surface area contributed by atoms with Gasteiger partial charge in [0.2, 0.25) is 5.91 Å². The molecule has 0 saturated heterocycles. The minimum absolute atomic E-state index is 0.369. The minimum Gasteiger partial charge on any atom is -0.340 e. The lowest BCUT2D eigenvalue weighted by Crippen LogP contribution is -2.44. The Bertz CT molecular complexity index is 253. The van der Waals surface area contributed by atoms with E-state index in [0.717, 1.165) is 25.8 Å². The maximum Gasteiger partial charge on any atom is 0.222 e. The number of alkyl halides is 1. The average Bonchev–Trinajstić information content (AvgIpc) is 2.40. The van der Waals surface area contributed by atoms with Crippen LogP contribution < -0.4 is 0 Å². The van der Waals surface area contributed by atoms with E-state index in [-0.39, 0.29) is 0 Å². The van der Waals surface area contributed by atoms with Crippen LogP contribution in [0.25, 0.3) is 0 Å². The highest BCUT2D eigenvalue weighted by Gasteiger charge is 2.27. The molecule has 0 atom stereocenters. The highest BCUT2D eigenvalue weighted by Crippen LogP contribution is 2.26. The largest absolute Gasteiger partial charge is 0.340 e. The van der Waals surface area contributed by atoms with Crippen molar-refractivity contribution in [2.75, 3.05) is 12.4 Å². The molecule has 0 unspecified atom stereocenters. The van der Waals surface area contributed by atoms with Crippen LogP contribution in [0.4, 0.5) is 0 Å². The van der Waals surface area contributed by atoms with Crippen molar-refractivity contribution in [3.8, 4) is 0 Å². The molecule has 1 amide bonds. The van der Waals surface area contributed by atoms with Gasteiger partial charge in [0.05, 0.1) is 0 Å². The average molecular weight is 302 g/mol. The first-order chi connectivity index (χ1) is 9.79. The van der Waals surface area contributed by atoms with Crippen molar-refractivity contribution in [2.45, 2.75) is 90.0 Å². The Morgan fingerprint density at radius 2 is 1.70 bits per heavy atom. The predicted octanol–water partition coefficient (Wildman–Crippen LogP) is 5.14.